The van der Waals surface area contributed by atoms with Gasteiger partial charge in [-0.05, 0) is 45.3 Å². The van der Waals surface area contributed by atoms with Crippen LogP contribution >= 0.6 is 0 Å². The zero-order valence-electron chi connectivity index (χ0n) is 16.8. The highest BCUT2D eigenvalue weighted by molar-refractivity contribution is 5.82. The van der Waals surface area contributed by atoms with Crippen LogP contribution in [0.3, 0.4) is 0 Å². The molecule has 26 heavy (non-hydrogen) atoms. The Kier molecular flexibility index (Phi) is 7.24. The van der Waals surface area contributed by atoms with Crippen LogP contribution in [0.15, 0.2) is 30.3 Å². The summed E-state index contributed by atoms with van der Waals surface area (Å²) in [5, 5.41) is 11.6. The number of rotatable bonds is 8. The molecule has 0 aliphatic heterocycles. The van der Waals surface area contributed by atoms with E-state index in [-0.39, 0.29) is 5.92 Å². The first kappa shape index (κ1) is 20.9. The fourth-order valence-corrected chi connectivity index (χ4v) is 4.08. The van der Waals surface area contributed by atoms with Crippen LogP contribution in [0, 0.1) is 5.92 Å². The lowest BCUT2D eigenvalue weighted by molar-refractivity contribution is -0.190. The van der Waals surface area contributed by atoms with Gasteiger partial charge in [-0.2, -0.15) is 0 Å². The molecule has 1 aromatic rings. The molecule has 0 radical (unpaired) electrons. The van der Waals surface area contributed by atoms with E-state index in [1.165, 1.54) is 6.42 Å². The van der Waals surface area contributed by atoms with Crippen LogP contribution in [0.1, 0.15) is 65.4 Å². The predicted octanol–water partition coefficient (Wildman–Crippen LogP) is 4.12. The summed E-state index contributed by atoms with van der Waals surface area (Å²) < 4.78 is 5.91. The van der Waals surface area contributed by atoms with Crippen molar-refractivity contribution < 1.29 is 14.6 Å². The van der Waals surface area contributed by atoms with Crippen molar-refractivity contribution in [3.63, 3.8) is 0 Å². The van der Waals surface area contributed by atoms with Crippen molar-refractivity contribution in [3.05, 3.63) is 35.9 Å². The standard InChI is InChI=1S/C22H35NO3/c1-5-23(6-2)17-21(3,4)26-20(24)22(25,18-13-9-7-10-14-18)19-15-11-8-12-16-19/h7,9-10,13-14,19,25H,5-6,8,11-12,15-17H2,1-4H3. The summed E-state index contributed by atoms with van der Waals surface area (Å²) in [6, 6.07) is 9.33. The van der Waals surface area contributed by atoms with E-state index in [0.717, 1.165) is 38.8 Å². The first-order valence-corrected chi connectivity index (χ1v) is 10.1. The zero-order valence-corrected chi connectivity index (χ0v) is 16.8. The lowest BCUT2D eigenvalue weighted by atomic mass is 9.73. The SMILES string of the molecule is CCN(CC)CC(C)(C)OC(=O)C(O)(c1ccccc1)C1CCCCC1. The monoisotopic (exact) mass is 361 g/mol. The minimum atomic E-state index is -1.57. The van der Waals surface area contributed by atoms with Gasteiger partial charge in [0.15, 0.2) is 5.60 Å². The summed E-state index contributed by atoms with van der Waals surface area (Å²) >= 11 is 0. The molecule has 0 heterocycles. The highest BCUT2D eigenvalue weighted by Gasteiger charge is 2.48. The molecule has 1 aromatic carbocycles. The third-order valence-electron chi connectivity index (χ3n) is 5.59. The number of hydrogen-bond donors (Lipinski definition) is 1. The smallest absolute Gasteiger partial charge is 0.343 e. The van der Waals surface area contributed by atoms with Crippen LogP contribution in [0.25, 0.3) is 0 Å². The number of carbonyl (C=O) groups is 1. The fourth-order valence-electron chi connectivity index (χ4n) is 4.08. The van der Waals surface area contributed by atoms with Crippen LogP contribution in [-0.2, 0) is 15.1 Å². The van der Waals surface area contributed by atoms with Crippen LogP contribution < -0.4 is 0 Å². The predicted molar refractivity (Wildman–Crippen MR) is 105 cm³/mol. The van der Waals surface area contributed by atoms with Gasteiger partial charge < -0.3 is 9.84 Å². The molecule has 0 saturated heterocycles. The second-order valence-corrected chi connectivity index (χ2v) is 8.08. The number of ether oxygens (including phenoxy) is 1. The molecule has 4 nitrogen and oxygen atoms in total. The van der Waals surface area contributed by atoms with E-state index in [2.05, 4.69) is 18.7 Å². The normalized spacial score (nSPS) is 18.5. The zero-order chi connectivity index (χ0) is 19.2. The number of carbonyl (C=O) groups excluding carboxylic acids is 1. The molecule has 4 heteroatoms. The van der Waals surface area contributed by atoms with E-state index in [4.69, 9.17) is 4.74 Å². The molecular weight excluding hydrogens is 326 g/mol. The maximum Gasteiger partial charge on any atom is 0.343 e. The van der Waals surface area contributed by atoms with Gasteiger partial charge in [0, 0.05) is 12.5 Å². The molecule has 1 aliphatic rings. The molecule has 1 aliphatic carbocycles. The Balaban J connectivity index is 2.26. The van der Waals surface area contributed by atoms with E-state index in [1.807, 2.05) is 44.2 Å². The van der Waals surface area contributed by atoms with Crippen molar-refractivity contribution in [2.75, 3.05) is 19.6 Å². The van der Waals surface area contributed by atoms with Gasteiger partial charge in [0.1, 0.15) is 5.60 Å². The highest BCUT2D eigenvalue weighted by Crippen LogP contribution is 2.41. The second-order valence-electron chi connectivity index (χ2n) is 8.08. The number of hydrogen-bond acceptors (Lipinski definition) is 4. The molecule has 0 spiro atoms. The Morgan fingerprint density at radius 1 is 1.12 bits per heavy atom. The van der Waals surface area contributed by atoms with Gasteiger partial charge in [0.05, 0.1) is 0 Å². The third kappa shape index (κ3) is 4.86. The number of aliphatic hydroxyl groups is 1. The molecule has 0 aromatic heterocycles. The van der Waals surface area contributed by atoms with Crippen LogP contribution in [-0.4, -0.2) is 41.2 Å². The van der Waals surface area contributed by atoms with Gasteiger partial charge in [-0.3, -0.25) is 4.90 Å². The maximum absolute atomic E-state index is 13.2. The molecule has 1 unspecified atom stereocenters. The summed E-state index contributed by atoms with van der Waals surface area (Å²) in [6.07, 6.45) is 4.99. The lowest BCUT2D eigenvalue weighted by Crippen LogP contribution is -2.50. The first-order valence-electron chi connectivity index (χ1n) is 10.1. The van der Waals surface area contributed by atoms with Crippen molar-refractivity contribution in [2.45, 2.75) is 71.0 Å². The average molecular weight is 362 g/mol. The van der Waals surface area contributed by atoms with E-state index >= 15 is 0 Å². The largest absolute Gasteiger partial charge is 0.456 e. The van der Waals surface area contributed by atoms with Crippen molar-refractivity contribution in [3.8, 4) is 0 Å². The van der Waals surface area contributed by atoms with Crippen LogP contribution in [0.4, 0.5) is 0 Å². The van der Waals surface area contributed by atoms with E-state index in [9.17, 15) is 9.90 Å². The van der Waals surface area contributed by atoms with Crippen molar-refractivity contribution in [1.82, 2.24) is 4.90 Å². The number of nitrogens with zero attached hydrogens (tertiary/aromatic N) is 1. The summed E-state index contributed by atoms with van der Waals surface area (Å²) in [4.78, 5) is 15.5. The second kappa shape index (κ2) is 9.01. The minimum absolute atomic E-state index is 0.0876. The topological polar surface area (TPSA) is 49.8 Å². The molecule has 1 atom stereocenters. The Labute approximate surface area is 158 Å². The number of benzene rings is 1. The van der Waals surface area contributed by atoms with Crippen molar-refractivity contribution in [2.24, 2.45) is 5.92 Å². The molecule has 2 rings (SSSR count). The Morgan fingerprint density at radius 3 is 2.23 bits per heavy atom. The third-order valence-corrected chi connectivity index (χ3v) is 5.59. The first-order chi connectivity index (χ1) is 12.3. The molecule has 1 N–H and O–H groups in total. The van der Waals surface area contributed by atoms with Crippen molar-refractivity contribution in [1.29, 1.82) is 0 Å². The molecular formula is C22H35NO3. The van der Waals surface area contributed by atoms with Gasteiger partial charge in [-0.15, -0.1) is 0 Å². The van der Waals surface area contributed by atoms with Gasteiger partial charge in [0.25, 0.3) is 0 Å². The summed E-state index contributed by atoms with van der Waals surface area (Å²) in [5.74, 6) is -0.594. The van der Waals surface area contributed by atoms with Crippen LogP contribution in [0.5, 0.6) is 0 Å². The van der Waals surface area contributed by atoms with Crippen LogP contribution in [0.2, 0.25) is 0 Å². The van der Waals surface area contributed by atoms with Gasteiger partial charge in [-0.1, -0.05) is 63.4 Å². The fraction of sp³-hybridized carbons (Fsp3) is 0.682. The average Bonchev–Trinajstić information content (AvgIpc) is 2.66. The van der Waals surface area contributed by atoms with Gasteiger partial charge in [-0.25, -0.2) is 4.79 Å². The van der Waals surface area contributed by atoms with Crippen molar-refractivity contribution >= 4 is 5.97 Å². The van der Waals surface area contributed by atoms with E-state index in [1.54, 1.807) is 0 Å². The highest BCUT2D eigenvalue weighted by atomic mass is 16.6. The van der Waals surface area contributed by atoms with Gasteiger partial charge in [0.2, 0.25) is 0 Å². The van der Waals surface area contributed by atoms with E-state index < -0.39 is 17.2 Å². The maximum atomic E-state index is 13.2. The number of likely N-dealkylation sites (N-methyl/N-ethyl adjacent to an activating group) is 1. The Hall–Kier alpha value is -1.39. The van der Waals surface area contributed by atoms with Gasteiger partial charge >= 0.3 is 5.97 Å². The Morgan fingerprint density at radius 2 is 1.69 bits per heavy atom. The summed E-state index contributed by atoms with van der Waals surface area (Å²) in [5.41, 5.74) is -1.57. The Bertz CT molecular complexity index is 562. The summed E-state index contributed by atoms with van der Waals surface area (Å²) in [7, 11) is 0. The molecule has 1 fully saturated rings. The minimum Gasteiger partial charge on any atom is -0.456 e. The van der Waals surface area contributed by atoms with E-state index in [0.29, 0.717) is 12.1 Å². The lowest BCUT2D eigenvalue weighted by Gasteiger charge is -2.40. The molecule has 0 bridgehead atoms. The molecule has 146 valence electrons. The number of esters is 1. The molecule has 1 saturated carbocycles. The molecule has 0 amide bonds. The quantitative estimate of drug-likeness (QED) is 0.708. The summed E-state index contributed by atoms with van der Waals surface area (Å²) in [6.45, 7) is 10.5.